The van der Waals surface area contributed by atoms with E-state index in [1.54, 1.807) is 11.3 Å². The Balaban J connectivity index is 1.56. The summed E-state index contributed by atoms with van der Waals surface area (Å²) < 4.78 is 5.33. The Labute approximate surface area is 117 Å². The van der Waals surface area contributed by atoms with E-state index in [1.807, 2.05) is 4.90 Å². The second kappa shape index (κ2) is 5.92. The summed E-state index contributed by atoms with van der Waals surface area (Å²) in [5.41, 5.74) is 1.28. The summed E-state index contributed by atoms with van der Waals surface area (Å²) in [4.78, 5) is 14.3. The maximum atomic E-state index is 12.3. The van der Waals surface area contributed by atoms with E-state index in [4.69, 9.17) is 4.74 Å². The van der Waals surface area contributed by atoms with Gasteiger partial charge in [-0.2, -0.15) is 11.3 Å². The fraction of sp³-hybridized carbons (Fsp3) is 0.643. The highest BCUT2D eigenvalue weighted by atomic mass is 32.1. The van der Waals surface area contributed by atoms with Gasteiger partial charge in [-0.15, -0.1) is 0 Å². The number of amides is 2. The van der Waals surface area contributed by atoms with Gasteiger partial charge < -0.3 is 15.0 Å². The third kappa shape index (κ3) is 2.92. The van der Waals surface area contributed by atoms with E-state index >= 15 is 0 Å². The van der Waals surface area contributed by atoms with Crippen LogP contribution in [0.4, 0.5) is 4.79 Å². The lowest BCUT2D eigenvalue weighted by Crippen LogP contribution is -2.41. The average molecular weight is 280 g/mol. The Morgan fingerprint density at radius 1 is 1.53 bits per heavy atom. The molecule has 2 aliphatic rings. The molecule has 0 radical (unpaired) electrons. The number of nitrogens with one attached hydrogen (secondary N) is 1. The second-order valence-electron chi connectivity index (χ2n) is 5.32. The Hall–Kier alpha value is -1.07. The molecule has 3 rings (SSSR count). The standard InChI is InChI=1S/C14H20N2O2S/c17-14(15-8-11-3-6-18-9-11)16-5-1-2-13(16)12-4-7-19-10-12/h4,7,10-11,13H,1-3,5-6,8-9H2,(H,15,17). The first-order valence-electron chi connectivity index (χ1n) is 6.99. The highest BCUT2D eigenvalue weighted by molar-refractivity contribution is 7.07. The van der Waals surface area contributed by atoms with E-state index in [9.17, 15) is 4.79 Å². The van der Waals surface area contributed by atoms with Crippen molar-refractivity contribution in [2.45, 2.75) is 25.3 Å². The summed E-state index contributed by atoms with van der Waals surface area (Å²) in [7, 11) is 0. The minimum Gasteiger partial charge on any atom is -0.381 e. The SMILES string of the molecule is O=C(NCC1CCOC1)N1CCCC1c1ccsc1. The fourth-order valence-electron chi connectivity index (χ4n) is 2.90. The molecule has 3 heterocycles. The van der Waals surface area contributed by atoms with Gasteiger partial charge in [0.15, 0.2) is 0 Å². The molecule has 1 N–H and O–H groups in total. The number of urea groups is 1. The molecule has 19 heavy (non-hydrogen) atoms. The lowest BCUT2D eigenvalue weighted by molar-refractivity contribution is 0.179. The maximum absolute atomic E-state index is 12.3. The molecule has 2 fully saturated rings. The van der Waals surface area contributed by atoms with Crippen molar-refractivity contribution in [2.75, 3.05) is 26.3 Å². The number of ether oxygens (including phenoxy) is 1. The van der Waals surface area contributed by atoms with Crippen LogP contribution >= 0.6 is 11.3 Å². The molecule has 2 amide bonds. The van der Waals surface area contributed by atoms with E-state index in [2.05, 4.69) is 22.1 Å². The summed E-state index contributed by atoms with van der Waals surface area (Å²) in [5.74, 6) is 0.492. The van der Waals surface area contributed by atoms with Crippen LogP contribution in [-0.4, -0.2) is 37.2 Å². The van der Waals surface area contributed by atoms with Gasteiger partial charge in [-0.3, -0.25) is 0 Å². The first-order valence-corrected chi connectivity index (χ1v) is 7.93. The van der Waals surface area contributed by atoms with Gasteiger partial charge in [-0.25, -0.2) is 4.79 Å². The van der Waals surface area contributed by atoms with Gasteiger partial charge in [0.05, 0.1) is 12.6 Å². The van der Waals surface area contributed by atoms with E-state index in [1.165, 1.54) is 5.56 Å². The predicted molar refractivity (Wildman–Crippen MR) is 75.3 cm³/mol. The number of rotatable bonds is 3. The number of carbonyl (C=O) groups excluding carboxylic acids is 1. The van der Waals surface area contributed by atoms with Crippen molar-refractivity contribution in [3.05, 3.63) is 22.4 Å². The fourth-order valence-corrected chi connectivity index (χ4v) is 3.61. The molecule has 4 nitrogen and oxygen atoms in total. The molecule has 1 aromatic heterocycles. The van der Waals surface area contributed by atoms with E-state index in [-0.39, 0.29) is 12.1 Å². The number of carbonyl (C=O) groups is 1. The Bertz CT molecular complexity index is 415. The van der Waals surface area contributed by atoms with E-state index in [0.29, 0.717) is 5.92 Å². The van der Waals surface area contributed by atoms with Gasteiger partial charge in [-0.1, -0.05) is 0 Å². The van der Waals surface area contributed by atoms with Crippen LogP contribution in [0.25, 0.3) is 0 Å². The zero-order valence-electron chi connectivity index (χ0n) is 11.0. The molecule has 2 atom stereocenters. The van der Waals surface area contributed by atoms with Crippen LogP contribution in [0.2, 0.25) is 0 Å². The molecule has 2 aliphatic heterocycles. The van der Waals surface area contributed by atoms with Crippen LogP contribution in [-0.2, 0) is 4.74 Å². The molecular formula is C14H20N2O2S. The third-order valence-corrected chi connectivity index (χ3v) is 4.71. The molecule has 0 bridgehead atoms. The molecule has 5 heteroatoms. The number of nitrogens with zero attached hydrogens (tertiary/aromatic N) is 1. The number of hydrogen-bond acceptors (Lipinski definition) is 3. The highest BCUT2D eigenvalue weighted by Gasteiger charge is 2.30. The Morgan fingerprint density at radius 3 is 3.21 bits per heavy atom. The Kier molecular flexibility index (Phi) is 4.03. The molecular weight excluding hydrogens is 260 g/mol. The van der Waals surface area contributed by atoms with Gasteiger partial charge >= 0.3 is 6.03 Å². The van der Waals surface area contributed by atoms with Gasteiger partial charge in [0.2, 0.25) is 0 Å². The van der Waals surface area contributed by atoms with Crippen molar-refractivity contribution in [1.29, 1.82) is 0 Å². The summed E-state index contributed by atoms with van der Waals surface area (Å²) in [5, 5.41) is 7.31. The highest BCUT2D eigenvalue weighted by Crippen LogP contribution is 2.32. The lowest BCUT2D eigenvalue weighted by Gasteiger charge is -2.25. The van der Waals surface area contributed by atoms with E-state index in [0.717, 1.165) is 45.6 Å². The van der Waals surface area contributed by atoms with Gasteiger partial charge in [0, 0.05) is 25.6 Å². The monoisotopic (exact) mass is 280 g/mol. The van der Waals surface area contributed by atoms with Crippen LogP contribution in [0.15, 0.2) is 16.8 Å². The van der Waals surface area contributed by atoms with Crippen molar-refractivity contribution in [2.24, 2.45) is 5.92 Å². The Morgan fingerprint density at radius 2 is 2.47 bits per heavy atom. The number of likely N-dealkylation sites (tertiary alicyclic amines) is 1. The molecule has 104 valence electrons. The zero-order valence-corrected chi connectivity index (χ0v) is 11.8. The van der Waals surface area contributed by atoms with Crippen LogP contribution in [0.1, 0.15) is 30.9 Å². The van der Waals surface area contributed by atoms with Crippen LogP contribution < -0.4 is 5.32 Å². The molecule has 0 aliphatic carbocycles. The van der Waals surface area contributed by atoms with Gasteiger partial charge in [0.1, 0.15) is 0 Å². The molecule has 2 saturated heterocycles. The largest absolute Gasteiger partial charge is 0.381 e. The minimum atomic E-state index is 0.0839. The van der Waals surface area contributed by atoms with Crippen molar-refractivity contribution >= 4 is 17.4 Å². The minimum absolute atomic E-state index is 0.0839. The molecule has 0 saturated carbocycles. The van der Waals surface area contributed by atoms with Gasteiger partial charge in [0.25, 0.3) is 0 Å². The molecule has 0 spiro atoms. The normalized spacial score (nSPS) is 26.8. The first-order chi connectivity index (χ1) is 9.34. The first kappa shape index (κ1) is 12.9. The average Bonchev–Trinajstić information content (AvgIpc) is 3.14. The summed E-state index contributed by atoms with van der Waals surface area (Å²) in [6.07, 6.45) is 3.24. The maximum Gasteiger partial charge on any atom is 0.317 e. The topological polar surface area (TPSA) is 41.6 Å². The van der Waals surface area contributed by atoms with E-state index < -0.39 is 0 Å². The van der Waals surface area contributed by atoms with Crippen LogP contribution in [0, 0.1) is 5.92 Å². The molecule has 0 aromatic carbocycles. The lowest BCUT2D eigenvalue weighted by atomic mass is 10.1. The van der Waals surface area contributed by atoms with Crippen LogP contribution in [0.3, 0.4) is 0 Å². The quantitative estimate of drug-likeness (QED) is 0.924. The predicted octanol–water partition coefficient (Wildman–Crippen LogP) is 2.63. The zero-order chi connectivity index (χ0) is 13.1. The molecule has 1 aromatic rings. The van der Waals surface area contributed by atoms with Crippen molar-refractivity contribution in [1.82, 2.24) is 10.2 Å². The second-order valence-corrected chi connectivity index (χ2v) is 6.10. The molecule has 2 unspecified atom stereocenters. The summed E-state index contributed by atoms with van der Waals surface area (Å²) >= 11 is 1.70. The number of hydrogen-bond donors (Lipinski definition) is 1. The van der Waals surface area contributed by atoms with Crippen molar-refractivity contribution in [3.8, 4) is 0 Å². The van der Waals surface area contributed by atoms with Crippen molar-refractivity contribution in [3.63, 3.8) is 0 Å². The third-order valence-electron chi connectivity index (χ3n) is 4.01. The summed E-state index contributed by atoms with van der Waals surface area (Å²) in [6, 6.07) is 2.48. The summed E-state index contributed by atoms with van der Waals surface area (Å²) in [6.45, 7) is 3.23. The van der Waals surface area contributed by atoms with Crippen LogP contribution in [0.5, 0.6) is 0 Å². The smallest absolute Gasteiger partial charge is 0.317 e. The van der Waals surface area contributed by atoms with Crippen molar-refractivity contribution < 1.29 is 9.53 Å². The van der Waals surface area contributed by atoms with Gasteiger partial charge in [-0.05, 0) is 41.7 Å². The number of thiophene rings is 1.